The fraction of sp³-hybridized carbons (Fsp3) is 0.158. The first-order valence-corrected chi connectivity index (χ1v) is 8.88. The van der Waals surface area contributed by atoms with E-state index < -0.39 is 5.92 Å². The number of para-hydroxylation sites is 1. The van der Waals surface area contributed by atoms with Gasteiger partial charge in [0.25, 0.3) is 0 Å². The highest BCUT2D eigenvalue weighted by molar-refractivity contribution is 7.80. The summed E-state index contributed by atoms with van der Waals surface area (Å²) in [6, 6.07) is 15.8. The Bertz CT molecular complexity index is 928. The summed E-state index contributed by atoms with van der Waals surface area (Å²) in [6.07, 6.45) is 0.0667. The van der Waals surface area contributed by atoms with E-state index in [1.165, 1.54) is 4.90 Å². The highest BCUT2D eigenvalue weighted by atomic mass is 35.5. The van der Waals surface area contributed by atoms with Gasteiger partial charge in [-0.05, 0) is 42.0 Å². The standard InChI is InChI=1S/C19H14ClN3O2S/c20-12-8-6-11(7-9-12)17-16-14(21-19(26)22-17)10-15(24)23(18(16)25)13-4-2-1-3-5-13/h1-9,16-17H,10H2,(H,22,26). The minimum Gasteiger partial charge on any atom is -0.353 e. The molecule has 2 aromatic rings. The van der Waals surface area contributed by atoms with Gasteiger partial charge in [-0.15, -0.1) is 0 Å². The molecule has 2 unspecified atom stereocenters. The molecule has 1 saturated heterocycles. The maximum atomic E-state index is 13.2. The molecule has 7 heteroatoms. The summed E-state index contributed by atoms with van der Waals surface area (Å²) in [4.78, 5) is 31.3. The van der Waals surface area contributed by atoms with Gasteiger partial charge in [0, 0.05) is 10.7 Å². The zero-order valence-electron chi connectivity index (χ0n) is 13.6. The number of nitrogens with zero attached hydrogens (tertiary/aromatic N) is 2. The van der Waals surface area contributed by atoms with E-state index in [4.69, 9.17) is 23.8 Å². The van der Waals surface area contributed by atoms with Crippen LogP contribution in [0.15, 0.2) is 59.6 Å². The monoisotopic (exact) mass is 383 g/mol. The number of rotatable bonds is 2. The van der Waals surface area contributed by atoms with Gasteiger partial charge in [0.15, 0.2) is 5.11 Å². The predicted octanol–water partition coefficient (Wildman–Crippen LogP) is 3.29. The van der Waals surface area contributed by atoms with Crippen molar-refractivity contribution >= 4 is 52.1 Å². The van der Waals surface area contributed by atoms with Crippen molar-refractivity contribution in [1.29, 1.82) is 0 Å². The Morgan fingerprint density at radius 3 is 2.46 bits per heavy atom. The molecule has 2 amide bonds. The Morgan fingerprint density at radius 2 is 1.77 bits per heavy atom. The highest BCUT2D eigenvalue weighted by Gasteiger charge is 2.46. The Hall–Kier alpha value is -2.57. The number of nitrogens with one attached hydrogen (secondary N) is 1. The molecule has 5 nitrogen and oxygen atoms in total. The Balaban J connectivity index is 1.77. The number of aliphatic imine (C=N–C) groups is 1. The second-order valence-corrected chi connectivity index (χ2v) is 6.96. The quantitative estimate of drug-likeness (QED) is 0.638. The number of carbonyl (C=O) groups is 2. The molecule has 0 radical (unpaired) electrons. The van der Waals surface area contributed by atoms with E-state index >= 15 is 0 Å². The fourth-order valence-corrected chi connectivity index (χ4v) is 3.74. The number of amides is 2. The molecule has 0 spiro atoms. The topological polar surface area (TPSA) is 61.8 Å². The first-order chi connectivity index (χ1) is 12.5. The lowest BCUT2D eigenvalue weighted by Crippen LogP contribution is -2.56. The number of halogens is 1. The van der Waals surface area contributed by atoms with Gasteiger partial charge in [-0.25, -0.2) is 9.89 Å². The van der Waals surface area contributed by atoms with Crippen LogP contribution in [0.4, 0.5) is 5.69 Å². The fourth-order valence-electron chi connectivity index (χ4n) is 3.37. The van der Waals surface area contributed by atoms with E-state index in [1.54, 1.807) is 36.4 Å². The van der Waals surface area contributed by atoms with Crippen LogP contribution in [0.3, 0.4) is 0 Å². The van der Waals surface area contributed by atoms with Crippen LogP contribution in [-0.2, 0) is 9.59 Å². The number of piperidine rings is 1. The lowest BCUT2D eigenvalue weighted by Gasteiger charge is -2.39. The molecule has 0 saturated carbocycles. The summed E-state index contributed by atoms with van der Waals surface area (Å²) in [5.41, 5.74) is 1.94. The second-order valence-electron chi connectivity index (χ2n) is 6.14. The number of fused-ring (bicyclic) bond motifs is 1. The average molecular weight is 384 g/mol. The zero-order chi connectivity index (χ0) is 18.3. The smallest absolute Gasteiger partial charge is 0.245 e. The Morgan fingerprint density at radius 1 is 1.08 bits per heavy atom. The van der Waals surface area contributed by atoms with Crippen LogP contribution < -0.4 is 10.2 Å². The van der Waals surface area contributed by atoms with Crippen molar-refractivity contribution in [2.45, 2.75) is 12.5 Å². The number of carbonyl (C=O) groups excluding carboxylic acids is 2. The first kappa shape index (κ1) is 16.9. The van der Waals surface area contributed by atoms with Crippen LogP contribution in [0.1, 0.15) is 18.0 Å². The van der Waals surface area contributed by atoms with Crippen molar-refractivity contribution in [2.75, 3.05) is 4.90 Å². The van der Waals surface area contributed by atoms with Gasteiger partial charge in [-0.3, -0.25) is 9.59 Å². The molecule has 130 valence electrons. The summed E-state index contributed by atoms with van der Waals surface area (Å²) in [5.74, 6) is -1.20. The molecule has 2 aliphatic heterocycles. The van der Waals surface area contributed by atoms with Crippen LogP contribution in [0.5, 0.6) is 0 Å². The molecule has 2 atom stereocenters. The molecule has 4 rings (SSSR count). The lowest BCUT2D eigenvalue weighted by atomic mass is 9.82. The third kappa shape index (κ3) is 2.91. The van der Waals surface area contributed by atoms with Gasteiger partial charge in [0.05, 0.1) is 18.2 Å². The SMILES string of the molecule is O=C1CC2=NC(=S)NC(c3ccc(Cl)cc3)C2C(=O)N1c1ccccc1. The van der Waals surface area contributed by atoms with Crippen molar-refractivity contribution in [3.8, 4) is 0 Å². The first-order valence-electron chi connectivity index (χ1n) is 8.10. The molecule has 0 bridgehead atoms. The molecule has 0 aliphatic carbocycles. The predicted molar refractivity (Wildman–Crippen MR) is 104 cm³/mol. The summed E-state index contributed by atoms with van der Waals surface area (Å²) in [5, 5.41) is 4.00. The molecule has 1 N–H and O–H groups in total. The molecule has 2 aliphatic rings. The molecule has 1 fully saturated rings. The minimum absolute atomic E-state index is 0.0667. The highest BCUT2D eigenvalue weighted by Crippen LogP contribution is 2.35. The van der Waals surface area contributed by atoms with Crippen molar-refractivity contribution in [3.63, 3.8) is 0 Å². The number of imide groups is 1. The summed E-state index contributed by atoms with van der Waals surface area (Å²) in [7, 11) is 0. The third-order valence-electron chi connectivity index (χ3n) is 4.53. The van der Waals surface area contributed by atoms with E-state index in [9.17, 15) is 9.59 Å². The largest absolute Gasteiger partial charge is 0.353 e. The van der Waals surface area contributed by atoms with E-state index in [0.29, 0.717) is 16.4 Å². The lowest BCUT2D eigenvalue weighted by molar-refractivity contribution is -0.129. The number of anilines is 1. The summed E-state index contributed by atoms with van der Waals surface area (Å²) < 4.78 is 0. The third-order valence-corrected chi connectivity index (χ3v) is 4.99. The van der Waals surface area contributed by atoms with E-state index in [1.807, 2.05) is 18.2 Å². The maximum absolute atomic E-state index is 13.2. The van der Waals surface area contributed by atoms with Crippen LogP contribution >= 0.6 is 23.8 Å². The number of hydrogen-bond donors (Lipinski definition) is 1. The van der Waals surface area contributed by atoms with Crippen molar-refractivity contribution in [1.82, 2.24) is 5.32 Å². The number of thiocarbonyl (C=S) groups is 1. The molecular weight excluding hydrogens is 370 g/mol. The molecule has 0 aromatic heterocycles. The maximum Gasteiger partial charge on any atom is 0.245 e. The van der Waals surface area contributed by atoms with E-state index in [0.717, 1.165) is 5.56 Å². The van der Waals surface area contributed by atoms with Crippen molar-refractivity contribution in [3.05, 3.63) is 65.2 Å². The molecule has 2 heterocycles. The number of benzene rings is 2. The summed E-state index contributed by atoms with van der Waals surface area (Å²) in [6.45, 7) is 0. The van der Waals surface area contributed by atoms with Gasteiger partial charge in [-0.1, -0.05) is 41.9 Å². The van der Waals surface area contributed by atoms with Crippen molar-refractivity contribution < 1.29 is 9.59 Å². The van der Waals surface area contributed by atoms with Crippen LogP contribution in [0, 0.1) is 5.92 Å². The molecule has 2 aromatic carbocycles. The van der Waals surface area contributed by atoms with Gasteiger partial charge in [-0.2, -0.15) is 0 Å². The Kier molecular flexibility index (Phi) is 4.30. The normalized spacial score (nSPS) is 22.6. The van der Waals surface area contributed by atoms with E-state index in [-0.39, 0.29) is 29.4 Å². The van der Waals surface area contributed by atoms with Gasteiger partial charge in [0.2, 0.25) is 11.8 Å². The molecular formula is C19H14ClN3O2S. The van der Waals surface area contributed by atoms with Crippen LogP contribution in [0.25, 0.3) is 0 Å². The van der Waals surface area contributed by atoms with Crippen LogP contribution in [-0.4, -0.2) is 22.6 Å². The molecule has 26 heavy (non-hydrogen) atoms. The summed E-state index contributed by atoms with van der Waals surface area (Å²) >= 11 is 11.2. The van der Waals surface area contributed by atoms with Gasteiger partial charge in [0.1, 0.15) is 5.92 Å². The van der Waals surface area contributed by atoms with Crippen LogP contribution in [0.2, 0.25) is 5.02 Å². The second kappa shape index (κ2) is 6.63. The minimum atomic E-state index is -0.596. The Labute approximate surface area is 160 Å². The number of hydrogen-bond acceptors (Lipinski definition) is 3. The van der Waals surface area contributed by atoms with E-state index in [2.05, 4.69) is 10.3 Å². The van der Waals surface area contributed by atoms with Gasteiger partial charge < -0.3 is 5.32 Å². The zero-order valence-corrected chi connectivity index (χ0v) is 15.1. The average Bonchev–Trinajstić information content (AvgIpc) is 2.62. The van der Waals surface area contributed by atoms with Gasteiger partial charge >= 0.3 is 0 Å². The van der Waals surface area contributed by atoms with Crippen molar-refractivity contribution in [2.24, 2.45) is 10.9 Å².